The van der Waals surface area contributed by atoms with Gasteiger partial charge in [0.15, 0.2) is 0 Å². The highest BCUT2D eigenvalue weighted by atomic mass is 14.2. The van der Waals surface area contributed by atoms with Crippen LogP contribution in [0.25, 0.3) is 0 Å². The second-order valence-corrected chi connectivity index (χ2v) is 10.5. The van der Waals surface area contributed by atoms with Crippen molar-refractivity contribution in [2.24, 2.45) is 29.6 Å². The molecular weight excluding hydrogens is 324 g/mol. The Morgan fingerprint density at radius 3 is 1.26 bits per heavy atom. The van der Waals surface area contributed by atoms with E-state index in [1.165, 1.54) is 96.3 Å². The van der Waals surface area contributed by atoms with E-state index in [-0.39, 0.29) is 0 Å². The molecule has 0 unspecified atom stereocenters. The quantitative estimate of drug-likeness (QED) is 0.195. The summed E-state index contributed by atoms with van der Waals surface area (Å²) in [5.41, 5.74) is 0. The summed E-state index contributed by atoms with van der Waals surface area (Å²) >= 11 is 0. The number of rotatable bonds is 19. The minimum Gasteiger partial charge on any atom is -0.0654 e. The van der Waals surface area contributed by atoms with Crippen molar-refractivity contribution in [1.82, 2.24) is 0 Å². The van der Waals surface area contributed by atoms with Crippen LogP contribution in [0.3, 0.4) is 0 Å². The number of hydrogen-bond acceptors (Lipinski definition) is 0. The van der Waals surface area contributed by atoms with Gasteiger partial charge in [-0.05, 0) is 48.9 Å². The van der Waals surface area contributed by atoms with Crippen LogP contribution in [-0.4, -0.2) is 0 Å². The van der Waals surface area contributed by atoms with E-state index >= 15 is 0 Å². The lowest BCUT2D eigenvalue weighted by Crippen LogP contribution is -2.10. The van der Waals surface area contributed by atoms with E-state index in [0.29, 0.717) is 0 Å². The first-order valence-corrected chi connectivity index (χ1v) is 12.9. The second kappa shape index (κ2) is 18.1. The van der Waals surface area contributed by atoms with E-state index in [1.54, 1.807) is 0 Å². The van der Waals surface area contributed by atoms with Crippen molar-refractivity contribution in [2.75, 3.05) is 0 Å². The summed E-state index contributed by atoms with van der Waals surface area (Å²) in [5.74, 6) is 4.62. The Morgan fingerprint density at radius 1 is 0.370 bits per heavy atom. The molecule has 0 saturated carbocycles. The molecule has 0 rings (SSSR count). The Balaban J connectivity index is 3.65. The molecule has 5 atom stereocenters. The molecular formula is C27H56. The van der Waals surface area contributed by atoms with E-state index < -0.39 is 0 Å². The highest BCUT2D eigenvalue weighted by Gasteiger charge is 2.14. The van der Waals surface area contributed by atoms with Crippen molar-refractivity contribution in [1.29, 1.82) is 0 Å². The molecule has 164 valence electrons. The normalized spacial score (nSPS) is 17.4. The topological polar surface area (TPSA) is 0 Å². The van der Waals surface area contributed by atoms with Gasteiger partial charge >= 0.3 is 0 Å². The van der Waals surface area contributed by atoms with E-state index in [2.05, 4.69) is 48.5 Å². The molecule has 0 aliphatic carbocycles. The van der Waals surface area contributed by atoms with Crippen molar-refractivity contribution < 1.29 is 0 Å². The van der Waals surface area contributed by atoms with Crippen molar-refractivity contribution in [3.63, 3.8) is 0 Å². The third-order valence-corrected chi connectivity index (χ3v) is 6.64. The molecule has 0 aromatic carbocycles. The van der Waals surface area contributed by atoms with Gasteiger partial charge in [-0.1, -0.05) is 126 Å². The maximum Gasteiger partial charge on any atom is -0.0438 e. The fraction of sp³-hybridized carbons (Fsp3) is 1.00. The van der Waals surface area contributed by atoms with Gasteiger partial charge < -0.3 is 0 Å². The van der Waals surface area contributed by atoms with Crippen molar-refractivity contribution in [2.45, 2.75) is 145 Å². The van der Waals surface area contributed by atoms with Gasteiger partial charge in [0.05, 0.1) is 0 Å². The van der Waals surface area contributed by atoms with Crippen LogP contribution < -0.4 is 0 Å². The highest BCUT2D eigenvalue weighted by molar-refractivity contribution is 4.66. The molecule has 0 nitrogen and oxygen atoms in total. The van der Waals surface area contributed by atoms with Gasteiger partial charge in [-0.25, -0.2) is 0 Å². The smallest absolute Gasteiger partial charge is 0.0438 e. The second-order valence-electron chi connectivity index (χ2n) is 10.5. The fourth-order valence-electron chi connectivity index (χ4n) is 5.21. The molecule has 0 aliphatic heterocycles. The molecule has 0 N–H and O–H groups in total. The third kappa shape index (κ3) is 17.8. The van der Waals surface area contributed by atoms with Gasteiger partial charge in [-0.2, -0.15) is 0 Å². The molecule has 0 heteroatoms. The standard InChI is InChI=1S/C27H56/c1-8-10-11-13-17-23(3)18-14-12-15-19-25(5)21-27(7)22-26(6)20-24(4)16-9-2/h23-27H,8-22H2,1-7H3/t23-,24+,25-,26-,27-/m0/s1. The predicted octanol–water partition coefficient (Wildman–Crippen LogP) is 10.1. The van der Waals surface area contributed by atoms with Gasteiger partial charge in [-0.15, -0.1) is 0 Å². The van der Waals surface area contributed by atoms with Crippen LogP contribution in [-0.2, 0) is 0 Å². The van der Waals surface area contributed by atoms with Crippen molar-refractivity contribution in [3.05, 3.63) is 0 Å². The monoisotopic (exact) mass is 380 g/mol. The number of unbranched alkanes of at least 4 members (excludes halogenated alkanes) is 5. The van der Waals surface area contributed by atoms with Crippen LogP contribution in [0.2, 0.25) is 0 Å². The maximum atomic E-state index is 2.50. The predicted molar refractivity (Wildman–Crippen MR) is 126 cm³/mol. The van der Waals surface area contributed by atoms with Gasteiger partial charge in [0.1, 0.15) is 0 Å². The zero-order valence-electron chi connectivity index (χ0n) is 20.5. The Morgan fingerprint density at radius 2 is 0.778 bits per heavy atom. The SMILES string of the molecule is CCCCCC[C@H](C)CCCCC[C@H](C)C[C@H](C)C[C@@H](C)C[C@H](C)CCC. The summed E-state index contributed by atoms with van der Waals surface area (Å²) in [7, 11) is 0. The molecule has 0 aromatic heterocycles. The molecule has 0 saturated heterocycles. The Hall–Kier alpha value is 0. The third-order valence-electron chi connectivity index (χ3n) is 6.64. The van der Waals surface area contributed by atoms with Crippen LogP contribution >= 0.6 is 0 Å². The lowest BCUT2D eigenvalue weighted by Gasteiger charge is -2.23. The zero-order chi connectivity index (χ0) is 20.5. The van der Waals surface area contributed by atoms with Crippen molar-refractivity contribution >= 4 is 0 Å². The molecule has 0 spiro atoms. The number of hydrogen-bond donors (Lipinski definition) is 0. The lowest BCUT2D eigenvalue weighted by atomic mass is 9.83. The molecule has 0 amide bonds. The maximum absolute atomic E-state index is 2.50. The van der Waals surface area contributed by atoms with Crippen LogP contribution in [0.5, 0.6) is 0 Å². The molecule has 0 radical (unpaired) electrons. The first-order chi connectivity index (χ1) is 12.9. The molecule has 0 fully saturated rings. The van der Waals surface area contributed by atoms with Crippen LogP contribution in [0.1, 0.15) is 145 Å². The van der Waals surface area contributed by atoms with E-state index in [1.807, 2.05) is 0 Å². The zero-order valence-corrected chi connectivity index (χ0v) is 20.5. The Labute approximate surface area is 174 Å². The minimum absolute atomic E-state index is 0.909. The van der Waals surface area contributed by atoms with Crippen LogP contribution in [0, 0.1) is 29.6 Å². The highest BCUT2D eigenvalue weighted by Crippen LogP contribution is 2.27. The Bertz CT molecular complexity index is 294. The average Bonchev–Trinajstić information content (AvgIpc) is 2.58. The van der Waals surface area contributed by atoms with Gasteiger partial charge in [-0.3, -0.25) is 0 Å². The summed E-state index contributed by atoms with van der Waals surface area (Å²) in [6.07, 6.45) is 21.5. The minimum atomic E-state index is 0.909. The summed E-state index contributed by atoms with van der Waals surface area (Å²) in [4.78, 5) is 0. The summed E-state index contributed by atoms with van der Waals surface area (Å²) < 4.78 is 0. The molecule has 0 heterocycles. The molecule has 0 bridgehead atoms. The van der Waals surface area contributed by atoms with Crippen LogP contribution in [0.15, 0.2) is 0 Å². The molecule has 27 heavy (non-hydrogen) atoms. The van der Waals surface area contributed by atoms with Crippen molar-refractivity contribution in [3.8, 4) is 0 Å². The fourth-order valence-corrected chi connectivity index (χ4v) is 5.21. The van der Waals surface area contributed by atoms with Gasteiger partial charge in [0, 0.05) is 0 Å². The average molecular weight is 381 g/mol. The Kier molecular flexibility index (Phi) is 18.1. The van der Waals surface area contributed by atoms with Gasteiger partial charge in [0.25, 0.3) is 0 Å². The van der Waals surface area contributed by atoms with E-state index in [9.17, 15) is 0 Å². The first-order valence-electron chi connectivity index (χ1n) is 12.9. The summed E-state index contributed by atoms with van der Waals surface area (Å²) in [6, 6.07) is 0. The first kappa shape index (κ1) is 27.0. The summed E-state index contributed by atoms with van der Waals surface area (Å²) in [6.45, 7) is 17.0. The molecule has 0 aromatic rings. The van der Waals surface area contributed by atoms with E-state index in [4.69, 9.17) is 0 Å². The van der Waals surface area contributed by atoms with E-state index in [0.717, 1.165) is 29.6 Å². The van der Waals surface area contributed by atoms with Gasteiger partial charge in [0.2, 0.25) is 0 Å². The lowest BCUT2D eigenvalue weighted by molar-refractivity contribution is 0.293. The molecule has 0 aliphatic rings. The largest absolute Gasteiger partial charge is 0.0654 e. The van der Waals surface area contributed by atoms with Crippen LogP contribution in [0.4, 0.5) is 0 Å². The summed E-state index contributed by atoms with van der Waals surface area (Å²) in [5, 5.41) is 0.